The van der Waals surface area contributed by atoms with Crippen molar-refractivity contribution in [2.24, 2.45) is 5.92 Å². The number of nitro benzene ring substituents is 1. The van der Waals surface area contributed by atoms with Crippen LogP contribution in [-0.4, -0.2) is 19.4 Å². The summed E-state index contributed by atoms with van der Waals surface area (Å²) in [6, 6.07) is 5.73. The zero-order valence-corrected chi connectivity index (χ0v) is 10.6. The monoisotopic (exact) mass is 281 g/mol. The molecule has 2 rings (SSSR count). The highest BCUT2D eigenvalue weighted by atomic mass is 32.2. The molecular formula is C11H11N3O4S. The summed E-state index contributed by atoms with van der Waals surface area (Å²) in [5.74, 6) is 0.0674. The smallest absolute Gasteiger partial charge is 0.258 e. The molecule has 1 fully saturated rings. The normalized spacial score (nSPS) is 16.6. The van der Waals surface area contributed by atoms with Gasteiger partial charge in [-0.2, -0.15) is 9.98 Å². The molecule has 0 aromatic heterocycles. The molecule has 1 aliphatic rings. The molecular weight excluding hydrogens is 270 g/mol. The number of nitrogens with zero attached hydrogens (tertiary/aromatic N) is 2. The van der Waals surface area contributed by atoms with E-state index in [-0.39, 0.29) is 16.5 Å². The van der Waals surface area contributed by atoms with Crippen molar-refractivity contribution in [3.63, 3.8) is 0 Å². The molecule has 19 heavy (non-hydrogen) atoms. The van der Waals surface area contributed by atoms with Crippen molar-refractivity contribution < 1.29 is 13.3 Å². The molecule has 0 saturated heterocycles. The second-order valence-electron chi connectivity index (χ2n) is 4.32. The van der Waals surface area contributed by atoms with Gasteiger partial charge in [0.25, 0.3) is 5.69 Å². The lowest BCUT2D eigenvalue weighted by Gasteiger charge is -2.10. The molecule has 1 atom stereocenters. The number of non-ortho nitro benzene ring substituents is 1. The summed E-state index contributed by atoms with van der Waals surface area (Å²) >= 11 is 0. The van der Waals surface area contributed by atoms with Gasteiger partial charge in [0.05, 0.1) is 15.9 Å². The Morgan fingerprint density at radius 1 is 1.37 bits per heavy atom. The molecule has 100 valence electrons. The molecule has 0 radical (unpaired) electrons. The maximum Gasteiger partial charge on any atom is 0.269 e. The predicted octanol–water partition coefficient (Wildman–Crippen LogP) is 1.18. The molecule has 1 unspecified atom stereocenters. The van der Waals surface area contributed by atoms with Crippen LogP contribution in [0.4, 0.5) is 5.69 Å². The first-order valence-electron chi connectivity index (χ1n) is 5.60. The minimum absolute atomic E-state index is 0.0674. The Hall–Kier alpha value is -1.98. The van der Waals surface area contributed by atoms with E-state index in [1.807, 2.05) is 6.07 Å². The van der Waals surface area contributed by atoms with Crippen LogP contribution < -0.4 is 4.72 Å². The highest BCUT2D eigenvalue weighted by Gasteiger charge is 2.34. The average molecular weight is 281 g/mol. The Morgan fingerprint density at radius 3 is 2.37 bits per heavy atom. The number of benzene rings is 1. The lowest BCUT2D eigenvalue weighted by molar-refractivity contribution is -0.384. The van der Waals surface area contributed by atoms with Crippen LogP contribution in [0.15, 0.2) is 29.2 Å². The van der Waals surface area contributed by atoms with Gasteiger partial charge >= 0.3 is 0 Å². The Morgan fingerprint density at radius 2 is 1.95 bits per heavy atom. The highest BCUT2D eigenvalue weighted by molar-refractivity contribution is 7.89. The summed E-state index contributed by atoms with van der Waals surface area (Å²) in [7, 11) is -3.81. The van der Waals surface area contributed by atoms with E-state index in [1.165, 1.54) is 0 Å². The Balaban J connectivity index is 2.19. The van der Waals surface area contributed by atoms with Gasteiger partial charge in [-0.1, -0.05) is 0 Å². The SMILES string of the molecule is N#CC(NS(=O)(=O)c1ccc([N+](=O)[O-])cc1)C1CC1. The van der Waals surface area contributed by atoms with Gasteiger partial charge in [-0.25, -0.2) is 8.42 Å². The van der Waals surface area contributed by atoms with Gasteiger partial charge in [-0.05, 0) is 30.9 Å². The number of hydrogen-bond acceptors (Lipinski definition) is 5. The van der Waals surface area contributed by atoms with Crippen molar-refractivity contribution in [1.29, 1.82) is 5.26 Å². The quantitative estimate of drug-likeness (QED) is 0.643. The van der Waals surface area contributed by atoms with Crippen molar-refractivity contribution in [2.45, 2.75) is 23.8 Å². The number of rotatable bonds is 5. The molecule has 0 aliphatic heterocycles. The first-order valence-corrected chi connectivity index (χ1v) is 7.09. The summed E-state index contributed by atoms with van der Waals surface area (Å²) in [5.41, 5.74) is -0.182. The van der Waals surface area contributed by atoms with E-state index in [1.54, 1.807) is 0 Å². The second kappa shape index (κ2) is 4.95. The topological polar surface area (TPSA) is 113 Å². The van der Waals surface area contributed by atoms with Gasteiger partial charge < -0.3 is 0 Å². The minimum atomic E-state index is -3.81. The molecule has 0 amide bonds. The lowest BCUT2D eigenvalue weighted by atomic mass is 10.2. The van der Waals surface area contributed by atoms with Crippen LogP contribution in [0.1, 0.15) is 12.8 Å². The van der Waals surface area contributed by atoms with Gasteiger partial charge in [0.15, 0.2) is 0 Å². The fourth-order valence-electron chi connectivity index (χ4n) is 1.64. The molecule has 8 heteroatoms. The average Bonchev–Trinajstić information content (AvgIpc) is 3.20. The third-order valence-corrected chi connectivity index (χ3v) is 4.33. The van der Waals surface area contributed by atoms with E-state index >= 15 is 0 Å². The van der Waals surface area contributed by atoms with Crippen molar-refractivity contribution in [2.75, 3.05) is 0 Å². The van der Waals surface area contributed by atoms with Gasteiger partial charge in [-0.15, -0.1) is 0 Å². The van der Waals surface area contributed by atoms with Crippen LogP contribution in [0.3, 0.4) is 0 Å². The molecule has 1 aromatic carbocycles. The third kappa shape index (κ3) is 3.07. The lowest BCUT2D eigenvalue weighted by Crippen LogP contribution is -2.35. The molecule has 1 aromatic rings. The summed E-state index contributed by atoms with van der Waals surface area (Å²) in [6.07, 6.45) is 1.67. The van der Waals surface area contributed by atoms with Crippen LogP contribution >= 0.6 is 0 Å². The van der Waals surface area contributed by atoms with Crippen molar-refractivity contribution in [3.8, 4) is 6.07 Å². The molecule has 7 nitrogen and oxygen atoms in total. The van der Waals surface area contributed by atoms with Crippen molar-refractivity contribution >= 4 is 15.7 Å². The van der Waals surface area contributed by atoms with E-state index in [0.717, 1.165) is 37.1 Å². The fraction of sp³-hybridized carbons (Fsp3) is 0.364. The summed E-state index contributed by atoms with van der Waals surface area (Å²) in [4.78, 5) is 9.79. The van der Waals surface area contributed by atoms with E-state index in [0.29, 0.717) is 0 Å². The molecule has 0 heterocycles. The van der Waals surface area contributed by atoms with Crippen LogP contribution in [0.5, 0.6) is 0 Å². The summed E-state index contributed by atoms with van der Waals surface area (Å²) < 4.78 is 26.3. The Kier molecular flexibility index (Phi) is 3.50. The van der Waals surface area contributed by atoms with Gasteiger partial charge in [0, 0.05) is 12.1 Å². The Bertz CT molecular complexity index is 629. The first-order chi connectivity index (χ1) is 8.94. The summed E-state index contributed by atoms with van der Waals surface area (Å²) in [6.45, 7) is 0. The van der Waals surface area contributed by atoms with E-state index in [4.69, 9.17) is 5.26 Å². The van der Waals surface area contributed by atoms with Crippen molar-refractivity contribution in [1.82, 2.24) is 4.72 Å². The van der Waals surface area contributed by atoms with Gasteiger partial charge in [-0.3, -0.25) is 10.1 Å². The van der Waals surface area contributed by atoms with E-state index in [9.17, 15) is 18.5 Å². The van der Waals surface area contributed by atoms with Crippen LogP contribution in [0, 0.1) is 27.4 Å². The molecule has 1 saturated carbocycles. The number of nitro groups is 1. The summed E-state index contributed by atoms with van der Waals surface area (Å²) in [5, 5.41) is 19.4. The van der Waals surface area contributed by atoms with Crippen LogP contribution in [-0.2, 0) is 10.0 Å². The minimum Gasteiger partial charge on any atom is -0.258 e. The van der Waals surface area contributed by atoms with E-state index in [2.05, 4.69) is 4.72 Å². The number of sulfonamides is 1. The standard InChI is InChI=1S/C11H11N3O4S/c12-7-11(8-1-2-8)13-19(17,18)10-5-3-9(4-6-10)14(15)16/h3-6,8,11,13H,1-2H2. The molecule has 0 bridgehead atoms. The van der Waals surface area contributed by atoms with E-state index < -0.39 is 21.0 Å². The van der Waals surface area contributed by atoms with Crippen LogP contribution in [0.25, 0.3) is 0 Å². The molecule has 0 spiro atoms. The highest BCUT2D eigenvalue weighted by Crippen LogP contribution is 2.33. The zero-order valence-electron chi connectivity index (χ0n) is 9.81. The first kappa shape index (κ1) is 13.5. The van der Waals surface area contributed by atoms with Gasteiger partial charge in [0.2, 0.25) is 10.0 Å². The maximum atomic E-state index is 12.0. The maximum absolute atomic E-state index is 12.0. The zero-order chi connectivity index (χ0) is 14.0. The Labute approximate surface area is 110 Å². The van der Waals surface area contributed by atoms with Crippen LogP contribution in [0.2, 0.25) is 0 Å². The fourth-order valence-corrected chi connectivity index (χ4v) is 2.85. The third-order valence-electron chi connectivity index (χ3n) is 2.87. The second-order valence-corrected chi connectivity index (χ2v) is 6.03. The van der Waals surface area contributed by atoms with Gasteiger partial charge in [0.1, 0.15) is 6.04 Å². The number of nitrogens with one attached hydrogen (secondary N) is 1. The molecule has 1 N–H and O–H groups in total. The number of hydrogen-bond donors (Lipinski definition) is 1. The predicted molar refractivity (Wildman–Crippen MR) is 65.5 cm³/mol. The largest absolute Gasteiger partial charge is 0.269 e. The number of nitriles is 1. The molecule has 1 aliphatic carbocycles. The van der Waals surface area contributed by atoms with Crippen molar-refractivity contribution in [3.05, 3.63) is 34.4 Å².